The molecule has 1 aliphatic heterocycles. The number of nitrogens with two attached hydrogens (primary N) is 1. The van der Waals surface area contributed by atoms with E-state index in [0.29, 0.717) is 31.6 Å². The van der Waals surface area contributed by atoms with Crippen LogP contribution in [0.2, 0.25) is 5.02 Å². The molecule has 2 aromatic rings. The van der Waals surface area contributed by atoms with Gasteiger partial charge >= 0.3 is 5.97 Å². The van der Waals surface area contributed by atoms with Crippen molar-refractivity contribution in [3.05, 3.63) is 56.8 Å². The molecule has 0 spiro atoms. The highest BCUT2D eigenvalue weighted by atomic mass is 35.5. The molecule has 0 aliphatic carbocycles. The maximum absolute atomic E-state index is 12.7. The van der Waals surface area contributed by atoms with Gasteiger partial charge in [-0.05, 0) is 30.2 Å². The summed E-state index contributed by atoms with van der Waals surface area (Å²) in [5.41, 5.74) is 5.47. The number of amides is 1. The number of hydrogen-bond acceptors (Lipinski definition) is 9. The number of piperidine rings is 1. The van der Waals surface area contributed by atoms with Crippen LogP contribution in [0, 0.1) is 5.92 Å². The zero-order valence-electron chi connectivity index (χ0n) is 20.8. The standard InChI is InChI=1S/C24H31ClN4O7S/c1-14(24(32)36-13-15-4-6-16(7-5-15)37(3,33)34)11-29-9-8-19(20(12-29)35-2)27-22(30)17-10-18(25)21(26)28-23(17)31/h4-7,10,14,19-20H,8-9,11-13H2,1-3H3,(H,27,30)(H3,26,28,31)/t14-,19-,20+/m0/s1. The lowest BCUT2D eigenvalue weighted by molar-refractivity contribution is -0.150. The number of nitrogens with zero attached hydrogens (tertiary/aromatic N) is 1. The second-order valence-corrected chi connectivity index (χ2v) is 11.5. The number of aromatic amines is 1. The number of methoxy groups -OCH3 is 1. The molecule has 1 fully saturated rings. The number of anilines is 1. The average molecular weight is 555 g/mol. The number of sulfone groups is 1. The van der Waals surface area contributed by atoms with Crippen LogP contribution in [0.3, 0.4) is 0 Å². The topological polar surface area (TPSA) is 161 Å². The van der Waals surface area contributed by atoms with E-state index in [0.717, 1.165) is 6.26 Å². The molecule has 0 bridgehead atoms. The van der Waals surface area contributed by atoms with Crippen molar-refractivity contribution in [1.82, 2.24) is 15.2 Å². The molecule has 1 aliphatic rings. The third kappa shape index (κ3) is 7.54. The Labute approximate surface area is 220 Å². The van der Waals surface area contributed by atoms with Crippen LogP contribution in [-0.2, 0) is 30.7 Å². The predicted molar refractivity (Wildman–Crippen MR) is 138 cm³/mol. The van der Waals surface area contributed by atoms with Gasteiger partial charge in [-0.1, -0.05) is 30.7 Å². The van der Waals surface area contributed by atoms with Crippen molar-refractivity contribution in [2.24, 2.45) is 5.92 Å². The van der Waals surface area contributed by atoms with Gasteiger partial charge in [0, 0.05) is 33.0 Å². The molecular weight excluding hydrogens is 524 g/mol. The smallest absolute Gasteiger partial charge is 0.310 e. The summed E-state index contributed by atoms with van der Waals surface area (Å²) in [7, 11) is -1.75. The van der Waals surface area contributed by atoms with E-state index in [9.17, 15) is 22.8 Å². The van der Waals surface area contributed by atoms with Crippen LogP contribution in [0.5, 0.6) is 0 Å². The van der Waals surface area contributed by atoms with Gasteiger partial charge in [-0.15, -0.1) is 0 Å². The van der Waals surface area contributed by atoms with Crippen molar-refractivity contribution in [2.45, 2.75) is 37.0 Å². The lowest BCUT2D eigenvalue weighted by Crippen LogP contribution is -2.56. The molecule has 1 aromatic carbocycles. The maximum Gasteiger partial charge on any atom is 0.310 e. The molecule has 37 heavy (non-hydrogen) atoms. The molecule has 0 unspecified atom stereocenters. The Morgan fingerprint density at radius 3 is 2.59 bits per heavy atom. The number of hydrogen-bond donors (Lipinski definition) is 3. The summed E-state index contributed by atoms with van der Waals surface area (Å²) in [5.74, 6) is -1.39. The Kier molecular flexibility index (Phi) is 9.35. The summed E-state index contributed by atoms with van der Waals surface area (Å²) in [6, 6.07) is 7.07. The minimum atomic E-state index is -3.29. The third-order valence-electron chi connectivity index (χ3n) is 6.20. The molecule has 3 rings (SSSR count). The Hall–Kier alpha value is -2.93. The first-order valence-electron chi connectivity index (χ1n) is 11.6. The SMILES string of the molecule is CO[C@@H]1CN(C[C@H](C)C(=O)OCc2ccc(S(C)(=O)=O)cc2)CC[C@@H]1NC(=O)c1cc(Cl)c(N)[nH]c1=O. The van der Waals surface area contributed by atoms with Crippen LogP contribution >= 0.6 is 11.6 Å². The highest BCUT2D eigenvalue weighted by Gasteiger charge is 2.32. The number of ether oxygens (including phenoxy) is 2. The third-order valence-corrected chi connectivity index (χ3v) is 7.64. The highest BCUT2D eigenvalue weighted by Crippen LogP contribution is 2.18. The van der Waals surface area contributed by atoms with E-state index >= 15 is 0 Å². The van der Waals surface area contributed by atoms with Gasteiger partial charge in [-0.2, -0.15) is 0 Å². The Bertz CT molecular complexity index is 1300. The first kappa shape index (κ1) is 28.6. The van der Waals surface area contributed by atoms with Gasteiger partial charge in [0.1, 0.15) is 18.0 Å². The fourth-order valence-electron chi connectivity index (χ4n) is 4.08. The van der Waals surface area contributed by atoms with Crippen molar-refractivity contribution < 1.29 is 27.5 Å². The average Bonchev–Trinajstić information content (AvgIpc) is 2.85. The number of pyridine rings is 1. The minimum Gasteiger partial charge on any atom is -0.461 e. The van der Waals surface area contributed by atoms with Gasteiger partial charge in [0.25, 0.3) is 11.5 Å². The second kappa shape index (κ2) is 12.1. The number of nitrogens with one attached hydrogen (secondary N) is 2. The molecule has 4 N–H and O–H groups in total. The van der Waals surface area contributed by atoms with Gasteiger partial charge in [0.15, 0.2) is 9.84 Å². The quantitative estimate of drug-likeness (QED) is 0.387. The van der Waals surface area contributed by atoms with Crippen molar-refractivity contribution in [3.63, 3.8) is 0 Å². The van der Waals surface area contributed by atoms with E-state index in [1.165, 1.54) is 25.3 Å². The summed E-state index contributed by atoms with van der Waals surface area (Å²) < 4.78 is 34.1. The molecule has 1 amide bonds. The number of halogens is 1. The monoisotopic (exact) mass is 554 g/mol. The van der Waals surface area contributed by atoms with Crippen molar-refractivity contribution in [1.29, 1.82) is 0 Å². The predicted octanol–water partition coefficient (Wildman–Crippen LogP) is 1.21. The lowest BCUT2D eigenvalue weighted by atomic mass is 9.99. The maximum atomic E-state index is 12.7. The summed E-state index contributed by atoms with van der Waals surface area (Å²) in [4.78, 5) is 41.9. The van der Waals surface area contributed by atoms with Gasteiger partial charge < -0.3 is 25.5 Å². The Morgan fingerprint density at radius 1 is 1.30 bits per heavy atom. The largest absolute Gasteiger partial charge is 0.461 e. The molecular formula is C24H31ClN4O7S. The summed E-state index contributed by atoms with van der Waals surface area (Å²) in [5, 5.41) is 2.91. The Balaban J connectivity index is 1.51. The molecule has 0 radical (unpaired) electrons. The van der Waals surface area contributed by atoms with Gasteiger partial charge in [-0.3, -0.25) is 19.3 Å². The number of likely N-dealkylation sites (tertiary alicyclic amines) is 1. The van der Waals surface area contributed by atoms with Crippen LogP contribution in [0.25, 0.3) is 0 Å². The first-order chi connectivity index (χ1) is 17.4. The second-order valence-electron chi connectivity index (χ2n) is 9.10. The zero-order chi connectivity index (χ0) is 27.3. The van der Waals surface area contributed by atoms with E-state index in [-0.39, 0.29) is 46.0 Å². The van der Waals surface area contributed by atoms with Gasteiger partial charge in [-0.25, -0.2) is 8.42 Å². The highest BCUT2D eigenvalue weighted by molar-refractivity contribution is 7.90. The summed E-state index contributed by atoms with van der Waals surface area (Å²) in [6.45, 7) is 3.29. The number of H-pyrrole nitrogens is 1. The van der Waals surface area contributed by atoms with E-state index in [2.05, 4.69) is 15.2 Å². The number of benzene rings is 1. The van der Waals surface area contributed by atoms with Crippen molar-refractivity contribution in [3.8, 4) is 0 Å². The number of rotatable bonds is 9. The number of aromatic nitrogens is 1. The summed E-state index contributed by atoms with van der Waals surface area (Å²) >= 11 is 5.94. The summed E-state index contributed by atoms with van der Waals surface area (Å²) in [6.07, 6.45) is 1.31. The number of carbonyl (C=O) groups is 2. The van der Waals surface area contributed by atoms with E-state index in [1.807, 2.05) is 0 Å². The number of carbonyl (C=O) groups excluding carboxylic acids is 2. The molecule has 13 heteroatoms. The zero-order valence-corrected chi connectivity index (χ0v) is 22.4. The first-order valence-corrected chi connectivity index (χ1v) is 13.9. The molecule has 2 heterocycles. The van der Waals surface area contributed by atoms with Crippen molar-refractivity contribution in [2.75, 3.05) is 38.7 Å². The van der Waals surface area contributed by atoms with Gasteiger partial charge in [0.05, 0.1) is 28.0 Å². The van der Waals surface area contributed by atoms with Crippen LogP contribution in [0.15, 0.2) is 40.0 Å². The number of nitrogen functional groups attached to an aromatic ring is 1. The van der Waals surface area contributed by atoms with Crippen molar-refractivity contribution >= 4 is 39.1 Å². The van der Waals surface area contributed by atoms with Crippen LogP contribution in [-0.4, -0.2) is 75.3 Å². The molecule has 202 valence electrons. The number of esters is 1. The molecule has 3 atom stereocenters. The molecule has 1 aromatic heterocycles. The minimum absolute atomic E-state index is 0.0104. The molecule has 0 saturated carbocycles. The van der Waals surface area contributed by atoms with E-state index < -0.39 is 27.2 Å². The normalized spacial score (nSPS) is 19.2. The van der Waals surface area contributed by atoms with Gasteiger partial charge in [0.2, 0.25) is 0 Å². The van der Waals surface area contributed by atoms with E-state index in [4.69, 9.17) is 26.8 Å². The molecule has 1 saturated heterocycles. The van der Waals surface area contributed by atoms with Crippen LogP contribution < -0.4 is 16.6 Å². The lowest BCUT2D eigenvalue weighted by Gasteiger charge is -2.38. The van der Waals surface area contributed by atoms with Crippen LogP contribution in [0.4, 0.5) is 5.82 Å². The molecule has 11 nitrogen and oxygen atoms in total. The van der Waals surface area contributed by atoms with E-state index in [1.54, 1.807) is 19.1 Å². The van der Waals surface area contributed by atoms with Crippen LogP contribution in [0.1, 0.15) is 29.3 Å². The fraction of sp³-hybridized carbons (Fsp3) is 0.458. The fourth-order valence-corrected chi connectivity index (χ4v) is 4.86. The Morgan fingerprint density at radius 2 is 1.97 bits per heavy atom.